The summed E-state index contributed by atoms with van der Waals surface area (Å²) in [6.07, 6.45) is 5.82. The Balaban J connectivity index is 1.46. The van der Waals surface area contributed by atoms with Gasteiger partial charge in [-0.3, -0.25) is 4.90 Å². The molecule has 0 amide bonds. The Morgan fingerprint density at radius 1 is 1.38 bits per heavy atom. The van der Waals surface area contributed by atoms with Crippen molar-refractivity contribution in [2.45, 2.75) is 37.9 Å². The van der Waals surface area contributed by atoms with Crippen molar-refractivity contribution in [3.8, 4) is 0 Å². The lowest BCUT2D eigenvalue weighted by atomic mass is 10.2. The number of hydrogen-bond donors (Lipinski definition) is 1. The summed E-state index contributed by atoms with van der Waals surface area (Å²) in [4.78, 5) is 2.62. The molecule has 1 aliphatic carbocycles. The second-order valence-corrected chi connectivity index (χ2v) is 4.81. The van der Waals surface area contributed by atoms with E-state index in [1.54, 1.807) is 6.20 Å². The third-order valence-corrected chi connectivity index (χ3v) is 3.48. The van der Waals surface area contributed by atoms with Crippen molar-refractivity contribution in [2.75, 3.05) is 13.1 Å². The van der Waals surface area contributed by atoms with E-state index in [0.717, 1.165) is 18.3 Å². The quantitative estimate of drug-likeness (QED) is 0.811. The van der Waals surface area contributed by atoms with Gasteiger partial charge in [0.1, 0.15) is 0 Å². The first-order valence-corrected chi connectivity index (χ1v) is 6.16. The number of nitrogens with zero attached hydrogens (tertiary/aromatic N) is 3. The molecule has 0 bridgehead atoms. The Morgan fingerprint density at radius 3 is 3.06 bits per heavy atom. The molecule has 1 unspecified atom stereocenters. The highest BCUT2D eigenvalue weighted by atomic mass is 15.2. The van der Waals surface area contributed by atoms with E-state index in [2.05, 4.69) is 20.4 Å². The molecule has 3 rings (SSSR count). The molecule has 2 fully saturated rings. The van der Waals surface area contributed by atoms with Crippen LogP contribution in [0.2, 0.25) is 0 Å². The second-order valence-electron chi connectivity index (χ2n) is 4.81. The van der Waals surface area contributed by atoms with Crippen LogP contribution in [0.3, 0.4) is 0 Å². The van der Waals surface area contributed by atoms with E-state index < -0.39 is 0 Å². The number of rotatable bonds is 4. The van der Waals surface area contributed by atoms with Crippen LogP contribution in [0.1, 0.15) is 25.0 Å². The Kier molecular flexibility index (Phi) is 2.84. The van der Waals surface area contributed by atoms with Gasteiger partial charge in [0.05, 0.1) is 5.69 Å². The molecule has 2 heterocycles. The van der Waals surface area contributed by atoms with Crippen LogP contribution in [0.25, 0.3) is 0 Å². The van der Waals surface area contributed by atoms with Crippen molar-refractivity contribution in [3.05, 3.63) is 24.0 Å². The van der Waals surface area contributed by atoms with Crippen molar-refractivity contribution < 1.29 is 0 Å². The first-order valence-electron chi connectivity index (χ1n) is 6.16. The van der Waals surface area contributed by atoms with Crippen molar-refractivity contribution in [3.63, 3.8) is 0 Å². The van der Waals surface area contributed by atoms with Crippen LogP contribution in [0, 0.1) is 0 Å². The maximum absolute atomic E-state index is 4.08. The van der Waals surface area contributed by atoms with Crippen LogP contribution >= 0.6 is 0 Å². The average Bonchev–Trinajstić information content (AvgIpc) is 3.08. The number of nitrogens with one attached hydrogen (secondary N) is 1. The molecule has 86 valence electrons. The molecule has 1 atom stereocenters. The summed E-state index contributed by atoms with van der Waals surface area (Å²) < 4.78 is 0. The van der Waals surface area contributed by atoms with Crippen LogP contribution in [-0.2, 0) is 6.54 Å². The highest BCUT2D eigenvalue weighted by molar-refractivity contribution is 4.99. The number of hydrogen-bond acceptors (Lipinski definition) is 4. The topological polar surface area (TPSA) is 41.1 Å². The average molecular weight is 218 g/mol. The van der Waals surface area contributed by atoms with Crippen LogP contribution in [-0.4, -0.2) is 40.3 Å². The zero-order valence-corrected chi connectivity index (χ0v) is 9.47. The molecule has 4 heteroatoms. The third-order valence-electron chi connectivity index (χ3n) is 3.48. The largest absolute Gasteiger partial charge is 0.307 e. The minimum atomic E-state index is 0.641. The molecule has 1 aromatic heterocycles. The van der Waals surface area contributed by atoms with E-state index in [0.29, 0.717) is 6.04 Å². The molecular weight excluding hydrogens is 200 g/mol. The highest BCUT2D eigenvalue weighted by Crippen LogP contribution is 2.29. The fourth-order valence-corrected chi connectivity index (χ4v) is 2.40. The smallest absolute Gasteiger partial charge is 0.0769 e. The summed E-state index contributed by atoms with van der Waals surface area (Å²) in [5, 5.41) is 11.5. The zero-order valence-electron chi connectivity index (χ0n) is 9.47. The first-order chi connectivity index (χ1) is 7.92. The Hall–Kier alpha value is -1.00. The summed E-state index contributed by atoms with van der Waals surface area (Å²) >= 11 is 0. The van der Waals surface area contributed by atoms with E-state index in [1.807, 2.05) is 12.1 Å². The van der Waals surface area contributed by atoms with Crippen molar-refractivity contribution >= 4 is 0 Å². The SMILES string of the molecule is c1cnnc(CNC2CCN(C3CC3)C2)c1. The lowest BCUT2D eigenvalue weighted by molar-refractivity contribution is 0.317. The molecule has 0 spiro atoms. The molecule has 1 saturated carbocycles. The van der Waals surface area contributed by atoms with Crippen LogP contribution in [0.4, 0.5) is 0 Å². The van der Waals surface area contributed by atoms with Gasteiger partial charge in [-0.25, -0.2) is 0 Å². The molecule has 0 aromatic carbocycles. The first kappa shape index (κ1) is 10.2. The fraction of sp³-hybridized carbons (Fsp3) is 0.667. The van der Waals surface area contributed by atoms with Gasteiger partial charge in [-0.05, 0) is 31.4 Å². The van der Waals surface area contributed by atoms with Crippen molar-refractivity contribution in [2.24, 2.45) is 0 Å². The van der Waals surface area contributed by atoms with Gasteiger partial charge >= 0.3 is 0 Å². The van der Waals surface area contributed by atoms with Gasteiger partial charge < -0.3 is 5.32 Å². The van der Waals surface area contributed by atoms with E-state index in [4.69, 9.17) is 0 Å². The highest BCUT2D eigenvalue weighted by Gasteiger charge is 2.33. The van der Waals surface area contributed by atoms with Crippen LogP contribution in [0.5, 0.6) is 0 Å². The van der Waals surface area contributed by atoms with Crippen molar-refractivity contribution in [1.29, 1.82) is 0 Å². The maximum Gasteiger partial charge on any atom is 0.0769 e. The monoisotopic (exact) mass is 218 g/mol. The molecule has 1 aliphatic heterocycles. The minimum absolute atomic E-state index is 0.641. The van der Waals surface area contributed by atoms with Crippen LogP contribution in [0.15, 0.2) is 18.3 Å². The van der Waals surface area contributed by atoms with Gasteiger partial charge in [-0.1, -0.05) is 0 Å². The van der Waals surface area contributed by atoms with Gasteiger partial charge in [0.25, 0.3) is 0 Å². The summed E-state index contributed by atoms with van der Waals surface area (Å²) in [5.74, 6) is 0. The summed E-state index contributed by atoms with van der Waals surface area (Å²) in [6, 6.07) is 5.51. The standard InChI is InChI=1S/C12H18N4/c1-2-10(15-14-6-1)8-13-11-5-7-16(9-11)12-3-4-12/h1-2,6,11-13H,3-5,7-9H2. The molecule has 4 nitrogen and oxygen atoms in total. The second kappa shape index (κ2) is 4.47. The summed E-state index contributed by atoms with van der Waals surface area (Å²) in [5.41, 5.74) is 1.03. The Bertz CT molecular complexity index is 336. The predicted octanol–water partition coefficient (Wildman–Crippen LogP) is 0.803. The summed E-state index contributed by atoms with van der Waals surface area (Å²) in [6.45, 7) is 3.32. The zero-order chi connectivity index (χ0) is 10.8. The third kappa shape index (κ3) is 2.39. The number of aromatic nitrogens is 2. The Labute approximate surface area is 96.1 Å². The van der Waals surface area contributed by atoms with Gasteiger partial charge in [-0.15, -0.1) is 0 Å². The minimum Gasteiger partial charge on any atom is -0.307 e. The van der Waals surface area contributed by atoms with Gasteiger partial charge in [0.15, 0.2) is 0 Å². The van der Waals surface area contributed by atoms with Gasteiger partial charge in [-0.2, -0.15) is 10.2 Å². The van der Waals surface area contributed by atoms with Crippen LogP contribution < -0.4 is 5.32 Å². The van der Waals surface area contributed by atoms with E-state index >= 15 is 0 Å². The van der Waals surface area contributed by atoms with Gasteiger partial charge in [0.2, 0.25) is 0 Å². The molecule has 1 saturated heterocycles. The normalized spacial score (nSPS) is 26.1. The summed E-state index contributed by atoms with van der Waals surface area (Å²) in [7, 11) is 0. The fourth-order valence-electron chi connectivity index (χ4n) is 2.40. The van der Waals surface area contributed by atoms with E-state index in [9.17, 15) is 0 Å². The Morgan fingerprint density at radius 2 is 2.31 bits per heavy atom. The molecule has 1 N–H and O–H groups in total. The number of likely N-dealkylation sites (tertiary alicyclic amines) is 1. The maximum atomic E-state index is 4.08. The van der Waals surface area contributed by atoms with Gasteiger partial charge in [0, 0.05) is 37.9 Å². The van der Waals surface area contributed by atoms with Crippen molar-refractivity contribution in [1.82, 2.24) is 20.4 Å². The molecule has 2 aliphatic rings. The lowest BCUT2D eigenvalue weighted by Gasteiger charge is -2.15. The molecule has 1 aromatic rings. The molecule has 0 radical (unpaired) electrons. The van der Waals surface area contributed by atoms with E-state index in [-0.39, 0.29) is 0 Å². The predicted molar refractivity (Wildman–Crippen MR) is 61.9 cm³/mol. The van der Waals surface area contributed by atoms with E-state index in [1.165, 1.54) is 32.4 Å². The molecular formula is C12H18N4. The lowest BCUT2D eigenvalue weighted by Crippen LogP contribution is -2.33. The molecule has 16 heavy (non-hydrogen) atoms.